The summed E-state index contributed by atoms with van der Waals surface area (Å²) in [6.45, 7) is 6.85. The highest BCUT2D eigenvalue weighted by molar-refractivity contribution is 5.91. The number of benzene rings is 1. The van der Waals surface area contributed by atoms with E-state index < -0.39 is 0 Å². The number of nitrogens with zero attached hydrogens (tertiary/aromatic N) is 2. The largest absolute Gasteiger partial charge is 0.309 e. The molecule has 0 saturated heterocycles. The molecule has 2 rings (SSSR count). The van der Waals surface area contributed by atoms with Crippen LogP contribution in [-0.2, 0) is 11.3 Å². The molecule has 0 aliphatic heterocycles. The van der Waals surface area contributed by atoms with Gasteiger partial charge in [0, 0.05) is 18.2 Å². The van der Waals surface area contributed by atoms with Crippen molar-refractivity contribution in [3.05, 3.63) is 47.7 Å². The molecule has 0 spiro atoms. The van der Waals surface area contributed by atoms with Crippen molar-refractivity contribution in [1.82, 2.24) is 9.78 Å². The summed E-state index contributed by atoms with van der Waals surface area (Å²) in [4.78, 5) is 12.0. The highest BCUT2D eigenvalue weighted by atomic mass is 16.1. The molecule has 0 unspecified atom stereocenters. The standard InChI is InChI=1S/C17H23N3O/c1-4-15(5-2)17(21)18-16-9-10-20(19-16)12-14-8-6-7-13(3)11-14/h6-11,15H,4-5,12H2,1-3H3,(H,18,19,21). The molecule has 0 aliphatic carbocycles. The molecule has 0 bridgehead atoms. The molecular weight excluding hydrogens is 262 g/mol. The Morgan fingerprint density at radius 3 is 2.71 bits per heavy atom. The Bertz CT molecular complexity index is 600. The summed E-state index contributed by atoms with van der Waals surface area (Å²) < 4.78 is 1.84. The summed E-state index contributed by atoms with van der Waals surface area (Å²) in [5.74, 6) is 0.743. The topological polar surface area (TPSA) is 46.9 Å². The molecule has 4 heteroatoms. The van der Waals surface area contributed by atoms with Gasteiger partial charge in [0.2, 0.25) is 5.91 Å². The van der Waals surface area contributed by atoms with Crippen LogP contribution in [0.1, 0.15) is 37.8 Å². The van der Waals surface area contributed by atoms with Gasteiger partial charge in [-0.3, -0.25) is 9.48 Å². The minimum Gasteiger partial charge on any atom is -0.309 e. The van der Waals surface area contributed by atoms with Crippen LogP contribution in [0.2, 0.25) is 0 Å². The molecule has 0 saturated carbocycles. The summed E-state index contributed by atoms with van der Waals surface area (Å²) in [5, 5.41) is 7.30. The van der Waals surface area contributed by atoms with Gasteiger partial charge in [0.05, 0.1) is 6.54 Å². The maximum atomic E-state index is 12.0. The van der Waals surface area contributed by atoms with Crippen molar-refractivity contribution < 1.29 is 4.79 Å². The molecule has 21 heavy (non-hydrogen) atoms. The van der Waals surface area contributed by atoms with Crippen molar-refractivity contribution in [2.45, 2.75) is 40.2 Å². The van der Waals surface area contributed by atoms with Gasteiger partial charge in [-0.1, -0.05) is 43.7 Å². The molecule has 0 radical (unpaired) electrons. The molecule has 4 nitrogen and oxygen atoms in total. The van der Waals surface area contributed by atoms with Gasteiger partial charge < -0.3 is 5.32 Å². The Morgan fingerprint density at radius 2 is 2.05 bits per heavy atom. The third-order valence-corrected chi connectivity index (χ3v) is 3.68. The maximum absolute atomic E-state index is 12.0. The molecule has 1 aromatic heterocycles. The van der Waals surface area contributed by atoms with Gasteiger partial charge in [-0.25, -0.2) is 0 Å². The molecule has 2 aromatic rings. The number of hydrogen-bond acceptors (Lipinski definition) is 2. The minimum atomic E-state index is 0.0563. The number of amides is 1. The predicted octanol–water partition coefficient (Wildman–Crippen LogP) is 3.61. The Labute approximate surface area is 126 Å². The first-order valence-electron chi connectivity index (χ1n) is 7.52. The average molecular weight is 285 g/mol. The zero-order valence-corrected chi connectivity index (χ0v) is 13.0. The van der Waals surface area contributed by atoms with E-state index in [-0.39, 0.29) is 11.8 Å². The predicted molar refractivity (Wildman–Crippen MR) is 85.2 cm³/mol. The zero-order valence-electron chi connectivity index (χ0n) is 13.0. The van der Waals surface area contributed by atoms with Gasteiger partial charge in [0.1, 0.15) is 0 Å². The molecule has 1 aromatic carbocycles. The number of carbonyl (C=O) groups excluding carboxylic acids is 1. The Kier molecular flexibility index (Phi) is 5.14. The SMILES string of the molecule is CCC(CC)C(=O)Nc1ccn(Cc2cccc(C)c2)n1. The van der Waals surface area contributed by atoms with Crippen molar-refractivity contribution in [1.29, 1.82) is 0 Å². The van der Waals surface area contributed by atoms with E-state index in [2.05, 4.69) is 35.5 Å². The second kappa shape index (κ2) is 7.07. The Balaban J connectivity index is 2.00. The fourth-order valence-electron chi connectivity index (χ4n) is 2.40. The van der Waals surface area contributed by atoms with Crippen LogP contribution < -0.4 is 5.32 Å². The number of aryl methyl sites for hydroxylation is 1. The third kappa shape index (κ3) is 4.18. The van der Waals surface area contributed by atoms with E-state index in [4.69, 9.17) is 0 Å². The van der Waals surface area contributed by atoms with E-state index in [1.165, 1.54) is 11.1 Å². The molecule has 1 amide bonds. The highest BCUT2D eigenvalue weighted by Crippen LogP contribution is 2.12. The van der Waals surface area contributed by atoms with Crippen LogP contribution >= 0.6 is 0 Å². The lowest BCUT2D eigenvalue weighted by Gasteiger charge is -2.10. The van der Waals surface area contributed by atoms with Crippen molar-refractivity contribution in [2.75, 3.05) is 5.32 Å². The van der Waals surface area contributed by atoms with Crippen LogP contribution in [-0.4, -0.2) is 15.7 Å². The van der Waals surface area contributed by atoms with Gasteiger partial charge >= 0.3 is 0 Å². The summed E-state index contributed by atoms with van der Waals surface area (Å²) in [6.07, 6.45) is 3.60. The summed E-state index contributed by atoms with van der Waals surface area (Å²) in [5.41, 5.74) is 2.44. The molecule has 0 aliphatic rings. The van der Waals surface area contributed by atoms with Gasteiger partial charge in [-0.2, -0.15) is 5.10 Å². The van der Waals surface area contributed by atoms with Crippen molar-refractivity contribution in [3.63, 3.8) is 0 Å². The monoisotopic (exact) mass is 285 g/mol. The number of rotatable bonds is 6. The Hall–Kier alpha value is -2.10. The van der Waals surface area contributed by atoms with Crippen LogP contribution in [0.15, 0.2) is 36.5 Å². The third-order valence-electron chi connectivity index (χ3n) is 3.68. The van der Waals surface area contributed by atoms with Crippen LogP contribution in [0, 0.1) is 12.8 Å². The summed E-state index contributed by atoms with van der Waals surface area (Å²) in [6, 6.07) is 10.2. The summed E-state index contributed by atoms with van der Waals surface area (Å²) in [7, 11) is 0. The first kappa shape index (κ1) is 15.3. The van der Waals surface area contributed by atoms with E-state index in [0.29, 0.717) is 12.4 Å². The molecule has 1 N–H and O–H groups in total. The number of nitrogens with one attached hydrogen (secondary N) is 1. The van der Waals surface area contributed by atoms with Crippen molar-refractivity contribution in [2.24, 2.45) is 5.92 Å². The van der Waals surface area contributed by atoms with Crippen LogP contribution in [0.3, 0.4) is 0 Å². The highest BCUT2D eigenvalue weighted by Gasteiger charge is 2.15. The average Bonchev–Trinajstić information content (AvgIpc) is 2.87. The van der Waals surface area contributed by atoms with Gasteiger partial charge in [0.15, 0.2) is 5.82 Å². The van der Waals surface area contributed by atoms with E-state index in [0.717, 1.165) is 12.8 Å². The van der Waals surface area contributed by atoms with E-state index >= 15 is 0 Å². The number of anilines is 1. The molecule has 112 valence electrons. The maximum Gasteiger partial charge on any atom is 0.228 e. The van der Waals surface area contributed by atoms with Gasteiger partial charge in [0.25, 0.3) is 0 Å². The lowest BCUT2D eigenvalue weighted by molar-refractivity contribution is -0.120. The number of carbonyl (C=O) groups is 1. The lowest BCUT2D eigenvalue weighted by atomic mass is 10.0. The second-order valence-electron chi connectivity index (χ2n) is 5.39. The zero-order chi connectivity index (χ0) is 15.2. The number of aromatic nitrogens is 2. The molecule has 0 atom stereocenters. The van der Waals surface area contributed by atoms with Crippen molar-refractivity contribution in [3.8, 4) is 0 Å². The molecule has 1 heterocycles. The quantitative estimate of drug-likeness (QED) is 0.881. The summed E-state index contributed by atoms with van der Waals surface area (Å²) >= 11 is 0. The fraction of sp³-hybridized carbons (Fsp3) is 0.412. The van der Waals surface area contributed by atoms with Gasteiger partial charge in [-0.05, 0) is 25.3 Å². The smallest absolute Gasteiger partial charge is 0.228 e. The van der Waals surface area contributed by atoms with Crippen molar-refractivity contribution >= 4 is 11.7 Å². The normalized spacial score (nSPS) is 10.9. The second-order valence-corrected chi connectivity index (χ2v) is 5.39. The lowest BCUT2D eigenvalue weighted by Crippen LogP contribution is -2.22. The Morgan fingerprint density at radius 1 is 1.29 bits per heavy atom. The fourth-order valence-corrected chi connectivity index (χ4v) is 2.40. The first-order chi connectivity index (χ1) is 10.1. The van der Waals surface area contributed by atoms with Crippen LogP contribution in [0.25, 0.3) is 0 Å². The molecule has 0 fully saturated rings. The first-order valence-corrected chi connectivity index (χ1v) is 7.52. The number of hydrogen-bond donors (Lipinski definition) is 1. The van der Waals surface area contributed by atoms with E-state index in [1.807, 2.05) is 36.9 Å². The van der Waals surface area contributed by atoms with E-state index in [1.54, 1.807) is 0 Å². The molecular formula is C17H23N3O. The van der Waals surface area contributed by atoms with E-state index in [9.17, 15) is 4.79 Å². The van der Waals surface area contributed by atoms with Crippen LogP contribution in [0.5, 0.6) is 0 Å². The van der Waals surface area contributed by atoms with Crippen LogP contribution in [0.4, 0.5) is 5.82 Å². The minimum absolute atomic E-state index is 0.0563. The van der Waals surface area contributed by atoms with Gasteiger partial charge in [-0.15, -0.1) is 0 Å².